The Morgan fingerprint density at radius 3 is 0.800 bits per heavy atom. The van der Waals surface area contributed by atoms with Gasteiger partial charge in [-0.25, -0.2) is 0 Å². The van der Waals surface area contributed by atoms with Gasteiger partial charge in [-0.2, -0.15) is 0 Å². The molecule has 0 saturated heterocycles. The summed E-state index contributed by atoms with van der Waals surface area (Å²) >= 11 is 0. The SMILES string of the molecule is O=C([O-])O.O=C([O-])[O-].[K+].[K+].[Na+].[Na+].[Na+].[OH-].[OH-]. The van der Waals surface area contributed by atoms with E-state index < -0.39 is 12.3 Å². The van der Waals surface area contributed by atoms with E-state index in [2.05, 4.69) is 0 Å². The first-order chi connectivity index (χ1) is 3.46. The van der Waals surface area contributed by atoms with Crippen LogP contribution in [-0.4, -0.2) is 28.4 Å². The van der Waals surface area contributed by atoms with Gasteiger partial charge in [-0.1, -0.05) is 0 Å². The molecule has 0 bridgehead atoms. The van der Waals surface area contributed by atoms with Crippen LogP contribution in [-0.2, 0) is 0 Å². The minimum Gasteiger partial charge on any atom is -0.870 e. The summed E-state index contributed by atoms with van der Waals surface area (Å²) in [6.07, 6.45) is -4.42. The molecule has 3 N–H and O–H groups in total. The number of rotatable bonds is 0. The van der Waals surface area contributed by atoms with E-state index in [4.69, 9.17) is 30.0 Å². The molecule has 0 aromatic heterocycles. The van der Waals surface area contributed by atoms with Gasteiger partial charge >= 0.3 is 191 Å². The molecule has 0 amide bonds. The second-order valence-electron chi connectivity index (χ2n) is 0.516. The monoisotopic (exact) mass is 302 g/mol. The molecule has 15 heavy (non-hydrogen) atoms. The Labute approximate surface area is 238 Å². The van der Waals surface area contributed by atoms with Crippen molar-refractivity contribution in [2.45, 2.75) is 0 Å². The van der Waals surface area contributed by atoms with E-state index in [1.807, 2.05) is 0 Å². The Kier molecular flexibility index (Phi) is 205. The number of carbonyl (C=O) groups is 2. The molecule has 0 aromatic rings. The third kappa shape index (κ3) is 234. The van der Waals surface area contributed by atoms with Crippen LogP contribution in [0.15, 0.2) is 0 Å². The molecule has 0 aromatic carbocycles. The maximum absolute atomic E-state index is 8.44. The summed E-state index contributed by atoms with van der Waals surface area (Å²) in [5.41, 5.74) is 0. The molecule has 0 unspecified atom stereocenters. The summed E-state index contributed by atoms with van der Waals surface area (Å²) in [6.45, 7) is 0. The fraction of sp³-hybridized carbons (Fsp3) is 0. The normalized spacial score (nSPS) is 3.20. The summed E-state index contributed by atoms with van der Waals surface area (Å²) in [5.74, 6) is 0. The predicted molar refractivity (Wildman–Crippen MR) is 17.3 cm³/mol. The van der Waals surface area contributed by atoms with E-state index in [9.17, 15) is 0 Å². The van der Waals surface area contributed by atoms with Crippen LogP contribution in [0.25, 0.3) is 0 Å². The van der Waals surface area contributed by atoms with Crippen molar-refractivity contribution < 1.29 is 232 Å². The minimum atomic E-state index is -2.33. The first-order valence-corrected chi connectivity index (χ1v) is 1.24. The minimum absolute atomic E-state index is 0. The molecule has 0 atom stereocenters. The van der Waals surface area contributed by atoms with Gasteiger partial charge in [-0.3, -0.25) is 0 Å². The Morgan fingerprint density at radius 2 is 0.800 bits per heavy atom. The van der Waals surface area contributed by atoms with Gasteiger partial charge in [-0.15, -0.1) is 0 Å². The van der Waals surface area contributed by atoms with Gasteiger partial charge < -0.3 is 41.0 Å². The standard InChI is InChI=1S/2CH2O3.2K.3Na.2H2O/c2*2-1(3)4;;;;;;;/h2*(H2,2,3,4);;;;;;2*1H2/q;;5*+1;;/p-5. The van der Waals surface area contributed by atoms with E-state index in [-0.39, 0.29) is 202 Å². The van der Waals surface area contributed by atoms with Crippen LogP contribution in [0.2, 0.25) is 0 Å². The fourth-order valence-electron chi connectivity index (χ4n) is 0. The van der Waals surface area contributed by atoms with E-state index in [1.165, 1.54) is 0 Å². The van der Waals surface area contributed by atoms with Crippen LogP contribution in [0.4, 0.5) is 9.59 Å². The maximum Gasteiger partial charge on any atom is 1.00 e. The first-order valence-electron chi connectivity index (χ1n) is 1.24. The molecule has 0 rings (SSSR count). The average molecular weight is 302 g/mol. The summed E-state index contributed by atoms with van der Waals surface area (Å²) in [5, 5.41) is 32.0. The molecular formula is C2H3K2Na3O8. The van der Waals surface area contributed by atoms with Crippen LogP contribution in [0.3, 0.4) is 0 Å². The Balaban J connectivity index is -0.00000000468. The van der Waals surface area contributed by atoms with Crippen molar-refractivity contribution in [2.24, 2.45) is 0 Å². The molecule has 0 radical (unpaired) electrons. The molecule has 0 aliphatic heterocycles. The van der Waals surface area contributed by atoms with Crippen molar-refractivity contribution in [3.8, 4) is 0 Å². The summed E-state index contributed by atoms with van der Waals surface area (Å²) in [6, 6.07) is 0. The van der Waals surface area contributed by atoms with E-state index in [0.29, 0.717) is 0 Å². The summed E-state index contributed by atoms with van der Waals surface area (Å²) in [7, 11) is 0. The zero-order chi connectivity index (χ0) is 7.15. The van der Waals surface area contributed by atoms with Gasteiger partial charge in [0.15, 0.2) is 0 Å². The second-order valence-corrected chi connectivity index (χ2v) is 0.516. The second kappa shape index (κ2) is 51.1. The van der Waals surface area contributed by atoms with Crippen molar-refractivity contribution in [1.82, 2.24) is 0 Å². The molecule has 8 nitrogen and oxygen atoms in total. The number of carbonyl (C=O) groups excluding carboxylic acids is 1. The topological polar surface area (TPSA) is 184 Å². The van der Waals surface area contributed by atoms with Crippen LogP contribution in [0, 0.1) is 0 Å². The molecule has 64 valence electrons. The van der Waals surface area contributed by atoms with E-state index in [0.717, 1.165) is 0 Å². The van der Waals surface area contributed by atoms with Crippen molar-refractivity contribution in [1.29, 1.82) is 0 Å². The van der Waals surface area contributed by atoms with Crippen molar-refractivity contribution in [2.75, 3.05) is 0 Å². The predicted octanol–water partition coefficient (Wildman–Crippen LogP) is -18.9. The van der Waals surface area contributed by atoms with Crippen molar-refractivity contribution in [3.63, 3.8) is 0 Å². The summed E-state index contributed by atoms with van der Waals surface area (Å²) < 4.78 is 0. The van der Waals surface area contributed by atoms with Gasteiger partial charge in [0.05, 0.1) is 0 Å². The Morgan fingerprint density at radius 1 is 0.800 bits per heavy atom. The molecule has 0 fully saturated rings. The molecule has 0 saturated carbocycles. The first kappa shape index (κ1) is 60.1. The molecule has 0 heterocycles. The zero-order valence-corrected chi connectivity index (χ0v) is 21.6. The van der Waals surface area contributed by atoms with E-state index >= 15 is 0 Å². The maximum atomic E-state index is 8.44. The van der Waals surface area contributed by atoms with Gasteiger partial charge in [-0.05, 0) is 6.16 Å². The molecular weight excluding hydrogens is 299 g/mol. The van der Waals surface area contributed by atoms with Gasteiger partial charge in [0.25, 0.3) is 0 Å². The largest absolute Gasteiger partial charge is 1.00 e. The number of hydrogen-bond donors (Lipinski definition) is 1. The van der Waals surface area contributed by atoms with Crippen molar-refractivity contribution >= 4 is 12.3 Å². The fourth-order valence-corrected chi connectivity index (χ4v) is 0. The molecule has 13 heteroatoms. The van der Waals surface area contributed by atoms with Crippen molar-refractivity contribution in [3.05, 3.63) is 0 Å². The average Bonchev–Trinajstić information content (AvgIpc) is 1.25. The van der Waals surface area contributed by atoms with Crippen LogP contribution in [0.1, 0.15) is 0 Å². The van der Waals surface area contributed by atoms with Gasteiger partial charge in [0, 0.05) is 0 Å². The van der Waals surface area contributed by atoms with Crippen LogP contribution in [0.5, 0.6) is 0 Å². The van der Waals surface area contributed by atoms with Crippen LogP contribution < -0.4 is 207 Å². The van der Waals surface area contributed by atoms with Crippen LogP contribution >= 0.6 is 0 Å². The molecule has 0 aliphatic carbocycles. The third-order valence-electron chi connectivity index (χ3n) is 0. The zero-order valence-electron chi connectivity index (χ0n) is 9.38. The molecule has 0 spiro atoms. The number of carboxylic acid groups (broad SMARTS) is 4. The Bertz CT molecular complexity index is 83.9. The smallest absolute Gasteiger partial charge is 0.870 e. The molecule has 0 aliphatic rings. The summed E-state index contributed by atoms with van der Waals surface area (Å²) in [4.78, 5) is 16.8. The number of hydrogen-bond acceptors (Lipinski definition) is 7. The van der Waals surface area contributed by atoms with Gasteiger partial charge in [0.2, 0.25) is 6.16 Å². The van der Waals surface area contributed by atoms with E-state index in [1.54, 1.807) is 0 Å². The quantitative estimate of drug-likeness (QED) is 0.427. The third-order valence-corrected chi connectivity index (χ3v) is 0. The van der Waals surface area contributed by atoms with Gasteiger partial charge in [0.1, 0.15) is 0 Å². The Hall–Kier alpha value is 4.73.